The van der Waals surface area contributed by atoms with Crippen molar-refractivity contribution >= 4 is 16.1 Å². The van der Waals surface area contributed by atoms with Gasteiger partial charge in [0, 0.05) is 12.3 Å². The summed E-state index contributed by atoms with van der Waals surface area (Å²) in [7, 11) is -0.774. The molecule has 0 saturated carbocycles. The molecule has 1 rings (SSSR count). The van der Waals surface area contributed by atoms with Crippen LogP contribution >= 0.6 is 0 Å². The summed E-state index contributed by atoms with van der Waals surface area (Å²) in [6, 6.07) is 2.74. The minimum Gasteiger partial charge on any atom is -0.497 e. The molecule has 6 heteroatoms. The molecule has 5 nitrogen and oxygen atoms in total. The van der Waals surface area contributed by atoms with Crippen LogP contribution < -0.4 is 9.47 Å². The number of carbonyl (C=O) groups is 1. The zero-order valence-corrected chi connectivity index (χ0v) is 10.00. The summed E-state index contributed by atoms with van der Waals surface area (Å²) < 4.78 is 32.8. The van der Waals surface area contributed by atoms with Gasteiger partial charge in [0.25, 0.3) is 0 Å². The SMILES string of the molecule is COc1cc(C=O)c(OC)c(S(C)(=O)=O)c1. The van der Waals surface area contributed by atoms with Crippen LogP contribution in [0.2, 0.25) is 0 Å². The molecule has 0 aliphatic rings. The molecule has 0 atom stereocenters. The first kappa shape index (κ1) is 12.5. The molecule has 16 heavy (non-hydrogen) atoms. The quantitative estimate of drug-likeness (QED) is 0.736. The maximum atomic E-state index is 11.5. The molecule has 88 valence electrons. The maximum Gasteiger partial charge on any atom is 0.179 e. The van der Waals surface area contributed by atoms with Gasteiger partial charge in [0.2, 0.25) is 0 Å². The van der Waals surface area contributed by atoms with Gasteiger partial charge in [-0.3, -0.25) is 4.79 Å². The van der Waals surface area contributed by atoms with E-state index in [0.29, 0.717) is 12.0 Å². The Morgan fingerprint density at radius 1 is 1.19 bits per heavy atom. The Morgan fingerprint density at radius 3 is 2.19 bits per heavy atom. The first-order chi connectivity index (χ1) is 7.43. The molecule has 0 N–H and O–H groups in total. The van der Waals surface area contributed by atoms with Gasteiger partial charge in [-0.2, -0.15) is 0 Å². The minimum absolute atomic E-state index is 0.0401. The van der Waals surface area contributed by atoms with E-state index >= 15 is 0 Å². The summed E-state index contributed by atoms with van der Waals surface area (Å²) in [5.41, 5.74) is 0.141. The third kappa shape index (κ3) is 2.33. The Bertz CT molecular complexity index is 504. The highest BCUT2D eigenvalue weighted by Crippen LogP contribution is 2.31. The number of ether oxygens (including phenoxy) is 2. The van der Waals surface area contributed by atoms with E-state index in [1.54, 1.807) is 0 Å². The molecule has 1 aromatic carbocycles. The molecule has 0 spiro atoms. The topological polar surface area (TPSA) is 69.7 Å². The molecule has 0 heterocycles. The number of sulfone groups is 1. The van der Waals surface area contributed by atoms with E-state index in [2.05, 4.69) is 0 Å². The molecule has 0 aromatic heterocycles. The fourth-order valence-electron chi connectivity index (χ4n) is 1.30. The summed E-state index contributed by atoms with van der Waals surface area (Å²) in [6.45, 7) is 0. The Hall–Kier alpha value is -1.56. The van der Waals surface area contributed by atoms with Crippen LogP contribution in [0.25, 0.3) is 0 Å². The van der Waals surface area contributed by atoms with Crippen molar-refractivity contribution in [2.75, 3.05) is 20.5 Å². The van der Waals surface area contributed by atoms with E-state index < -0.39 is 9.84 Å². The van der Waals surface area contributed by atoms with Gasteiger partial charge in [-0.25, -0.2) is 8.42 Å². The van der Waals surface area contributed by atoms with Crippen LogP contribution in [0.4, 0.5) is 0 Å². The van der Waals surface area contributed by atoms with Crippen LogP contribution in [0.15, 0.2) is 17.0 Å². The van der Waals surface area contributed by atoms with Gasteiger partial charge < -0.3 is 9.47 Å². The number of rotatable bonds is 4. The van der Waals surface area contributed by atoms with Crippen molar-refractivity contribution in [1.29, 1.82) is 0 Å². The van der Waals surface area contributed by atoms with Crippen LogP contribution in [-0.2, 0) is 9.84 Å². The summed E-state index contributed by atoms with van der Waals surface area (Å²) >= 11 is 0. The van der Waals surface area contributed by atoms with Crippen LogP contribution in [0.3, 0.4) is 0 Å². The van der Waals surface area contributed by atoms with Crippen molar-refractivity contribution in [2.24, 2.45) is 0 Å². The third-order valence-electron chi connectivity index (χ3n) is 2.02. The monoisotopic (exact) mass is 244 g/mol. The van der Waals surface area contributed by atoms with Crippen molar-refractivity contribution in [3.8, 4) is 11.5 Å². The molecule has 1 aromatic rings. The van der Waals surface area contributed by atoms with E-state index in [-0.39, 0.29) is 16.2 Å². The number of benzene rings is 1. The molecule has 0 radical (unpaired) electrons. The van der Waals surface area contributed by atoms with Gasteiger partial charge in [0.05, 0.1) is 19.8 Å². The fourth-order valence-corrected chi connectivity index (χ4v) is 2.16. The predicted octanol–water partition coefficient (Wildman–Crippen LogP) is 0.920. The summed E-state index contributed by atoms with van der Waals surface area (Å²) in [6.07, 6.45) is 1.56. The van der Waals surface area contributed by atoms with Gasteiger partial charge in [-0.15, -0.1) is 0 Å². The largest absolute Gasteiger partial charge is 0.497 e. The third-order valence-corrected chi connectivity index (χ3v) is 3.13. The second-order valence-corrected chi connectivity index (χ2v) is 5.12. The normalized spacial score (nSPS) is 10.9. The zero-order valence-electron chi connectivity index (χ0n) is 9.18. The second-order valence-electron chi connectivity index (χ2n) is 3.14. The molecule has 0 unspecified atom stereocenters. The first-order valence-corrected chi connectivity index (χ1v) is 6.24. The standard InChI is InChI=1S/C10H12O5S/c1-14-8-4-7(6-11)10(15-2)9(5-8)16(3,12)13/h4-6H,1-3H3. The van der Waals surface area contributed by atoms with Gasteiger partial charge in [-0.1, -0.05) is 0 Å². The Kier molecular flexibility index (Phi) is 3.54. The van der Waals surface area contributed by atoms with E-state index in [9.17, 15) is 13.2 Å². The highest BCUT2D eigenvalue weighted by Gasteiger charge is 2.19. The summed E-state index contributed by atoms with van der Waals surface area (Å²) in [4.78, 5) is 10.7. The maximum absolute atomic E-state index is 11.5. The lowest BCUT2D eigenvalue weighted by molar-refractivity contribution is 0.112. The second kappa shape index (κ2) is 4.52. The zero-order chi connectivity index (χ0) is 12.3. The molecule has 0 bridgehead atoms. The first-order valence-electron chi connectivity index (χ1n) is 4.35. The lowest BCUT2D eigenvalue weighted by atomic mass is 10.2. The Labute approximate surface area is 93.9 Å². The van der Waals surface area contributed by atoms with Crippen LogP contribution in [-0.4, -0.2) is 35.2 Å². The van der Waals surface area contributed by atoms with Crippen LogP contribution in [0.1, 0.15) is 10.4 Å². The molecule has 0 aliphatic carbocycles. The van der Waals surface area contributed by atoms with Crippen molar-refractivity contribution in [3.63, 3.8) is 0 Å². The van der Waals surface area contributed by atoms with Crippen molar-refractivity contribution in [3.05, 3.63) is 17.7 Å². The lowest BCUT2D eigenvalue weighted by Gasteiger charge is -2.11. The highest BCUT2D eigenvalue weighted by molar-refractivity contribution is 7.90. The summed E-state index contributed by atoms with van der Waals surface area (Å²) in [5.74, 6) is 0.335. The Morgan fingerprint density at radius 2 is 1.81 bits per heavy atom. The number of hydrogen-bond acceptors (Lipinski definition) is 5. The van der Waals surface area contributed by atoms with E-state index in [1.165, 1.54) is 26.4 Å². The lowest BCUT2D eigenvalue weighted by Crippen LogP contribution is -2.04. The fraction of sp³-hybridized carbons (Fsp3) is 0.300. The van der Waals surface area contributed by atoms with E-state index in [4.69, 9.17) is 9.47 Å². The predicted molar refractivity (Wildman–Crippen MR) is 58.0 cm³/mol. The van der Waals surface area contributed by atoms with Crippen LogP contribution in [0, 0.1) is 0 Å². The molecule has 0 saturated heterocycles. The van der Waals surface area contributed by atoms with E-state index in [0.717, 1.165) is 6.26 Å². The highest BCUT2D eigenvalue weighted by atomic mass is 32.2. The molecule has 0 aliphatic heterocycles. The van der Waals surface area contributed by atoms with Crippen molar-refractivity contribution < 1.29 is 22.7 Å². The molecule has 0 fully saturated rings. The van der Waals surface area contributed by atoms with Crippen molar-refractivity contribution in [1.82, 2.24) is 0 Å². The Balaban J connectivity index is 3.62. The number of methoxy groups -OCH3 is 2. The van der Waals surface area contributed by atoms with Gasteiger partial charge in [0.1, 0.15) is 16.4 Å². The molecule has 0 amide bonds. The number of hydrogen-bond donors (Lipinski definition) is 0. The minimum atomic E-state index is -3.47. The molecular formula is C10H12O5S. The average Bonchev–Trinajstić information content (AvgIpc) is 2.25. The van der Waals surface area contributed by atoms with Crippen LogP contribution in [0.5, 0.6) is 11.5 Å². The summed E-state index contributed by atoms with van der Waals surface area (Å²) in [5, 5.41) is 0. The van der Waals surface area contributed by atoms with Crippen molar-refractivity contribution in [2.45, 2.75) is 4.90 Å². The average molecular weight is 244 g/mol. The smallest absolute Gasteiger partial charge is 0.179 e. The number of aldehydes is 1. The number of carbonyl (C=O) groups excluding carboxylic acids is 1. The van der Waals surface area contributed by atoms with E-state index in [1.807, 2.05) is 0 Å². The van der Waals surface area contributed by atoms with Gasteiger partial charge >= 0.3 is 0 Å². The van der Waals surface area contributed by atoms with Gasteiger partial charge in [0.15, 0.2) is 16.1 Å². The van der Waals surface area contributed by atoms with Gasteiger partial charge in [-0.05, 0) is 6.07 Å². The molecular weight excluding hydrogens is 232 g/mol.